The van der Waals surface area contributed by atoms with Crippen LogP contribution in [0.4, 0.5) is 4.79 Å². The van der Waals surface area contributed by atoms with Crippen molar-refractivity contribution in [3.05, 3.63) is 30.3 Å². The van der Waals surface area contributed by atoms with E-state index < -0.39 is 33.8 Å². The first-order valence-electron chi connectivity index (χ1n) is 6.08. The third-order valence-electron chi connectivity index (χ3n) is 2.81. The van der Waals surface area contributed by atoms with Gasteiger partial charge in [-0.25, -0.2) is 9.63 Å². The summed E-state index contributed by atoms with van der Waals surface area (Å²) in [5.41, 5.74) is -0.0954. The summed E-state index contributed by atoms with van der Waals surface area (Å²) in [6.07, 6.45) is 0. The number of carbonyl (C=O) groups is 3. The highest BCUT2D eigenvalue weighted by Gasteiger charge is 2.36. The number of benzene rings is 1. The standard InChI is InChI=1S/C12H12N4O5S/c1-7(9-10(17)13-12(19)14-11(9)18)15-16-22(20,21)8-5-3-2-4-6-8/h2-6,9,16H,1H3,(H2,13,14,17,18,19)/b15-7+. The predicted octanol–water partition coefficient (Wildman–Crippen LogP) is -0.677. The van der Waals surface area contributed by atoms with E-state index in [1.807, 2.05) is 15.5 Å². The van der Waals surface area contributed by atoms with Crippen LogP contribution in [0.3, 0.4) is 0 Å². The molecule has 0 unspecified atom stereocenters. The molecular formula is C12H12N4O5S. The van der Waals surface area contributed by atoms with Crippen molar-refractivity contribution in [2.45, 2.75) is 11.8 Å². The molecule has 2 rings (SSSR count). The number of carbonyl (C=O) groups excluding carboxylic acids is 3. The summed E-state index contributed by atoms with van der Waals surface area (Å²) in [5, 5.41) is 7.37. The Bertz CT molecular complexity index is 737. The van der Waals surface area contributed by atoms with Gasteiger partial charge in [-0.05, 0) is 19.1 Å². The van der Waals surface area contributed by atoms with Gasteiger partial charge in [0.2, 0.25) is 11.8 Å². The largest absolute Gasteiger partial charge is 0.328 e. The van der Waals surface area contributed by atoms with Gasteiger partial charge in [-0.3, -0.25) is 20.2 Å². The molecule has 1 saturated heterocycles. The molecule has 22 heavy (non-hydrogen) atoms. The molecule has 1 aliphatic heterocycles. The van der Waals surface area contributed by atoms with Gasteiger partial charge in [-0.1, -0.05) is 18.2 Å². The molecule has 0 aliphatic carbocycles. The van der Waals surface area contributed by atoms with E-state index in [1.165, 1.54) is 19.1 Å². The number of hydrogen-bond donors (Lipinski definition) is 3. The van der Waals surface area contributed by atoms with Gasteiger partial charge in [-0.2, -0.15) is 13.5 Å². The fourth-order valence-corrected chi connectivity index (χ4v) is 2.63. The number of amides is 4. The molecule has 0 aromatic heterocycles. The molecule has 1 aliphatic rings. The minimum absolute atomic E-state index is 0.0146. The second-order valence-corrected chi connectivity index (χ2v) is 6.06. The summed E-state index contributed by atoms with van der Waals surface area (Å²) >= 11 is 0. The normalized spacial score (nSPS) is 17.0. The van der Waals surface area contributed by atoms with Crippen LogP contribution < -0.4 is 15.5 Å². The third-order valence-corrected chi connectivity index (χ3v) is 4.04. The molecule has 1 heterocycles. The summed E-state index contributed by atoms with van der Waals surface area (Å²) in [4.78, 5) is 36.1. The Labute approximate surface area is 125 Å². The quantitative estimate of drug-likeness (QED) is 0.383. The number of nitrogens with zero attached hydrogens (tertiary/aromatic N) is 1. The Kier molecular flexibility index (Phi) is 4.22. The second kappa shape index (κ2) is 5.93. The van der Waals surface area contributed by atoms with Crippen LogP contribution in [0.2, 0.25) is 0 Å². The van der Waals surface area contributed by atoms with Gasteiger partial charge in [-0.15, -0.1) is 0 Å². The average Bonchev–Trinajstić information content (AvgIpc) is 2.45. The van der Waals surface area contributed by atoms with E-state index in [1.54, 1.807) is 18.2 Å². The lowest BCUT2D eigenvalue weighted by atomic mass is 10.0. The summed E-state index contributed by atoms with van der Waals surface area (Å²) in [6, 6.07) is 6.54. The van der Waals surface area contributed by atoms with Crippen molar-refractivity contribution in [2.24, 2.45) is 11.0 Å². The summed E-state index contributed by atoms with van der Waals surface area (Å²) < 4.78 is 23.9. The Balaban J connectivity index is 2.18. The molecule has 0 bridgehead atoms. The monoisotopic (exact) mass is 324 g/mol. The zero-order chi connectivity index (χ0) is 16.3. The molecule has 116 valence electrons. The number of hydrazone groups is 1. The van der Waals surface area contributed by atoms with Gasteiger partial charge >= 0.3 is 6.03 Å². The van der Waals surface area contributed by atoms with Crippen molar-refractivity contribution in [1.29, 1.82) is 0 Å². The molecule has 3 N–H and O–H groups in total. The Morgan fingerprint density at radius 1 is 1.09 bits per heavy atom. The number of rotatable bonds is 4. The van der Waals surface area contributed by atoms with E-state index in [-0.39, 0.29) is 10.6 Å². The SMILES string of the molecule is C/C(=N\NS(=O)(=O)c1ccccc1)C1C(=O)NC(=O)NC1=O. The number of urea groups is 1. The van der Waals surface area contributed by atoms with Gasteiger partial charge in [0.25, 0.3) is 10.0 Å². The van der Waals surface area contributed by atoms with Gasteiger partial charge in [0.05, 0.1) is 10.6 Å². The Morgan fingerprint density at radius 3 is 2.18 bits per heavy atom. The highest BCUT2D eigenvalue weighted by Crippen LogP contribution is 2.09. The van der Waals surface area contributed by atoms with Crippen molar-refractivity contribution in [3.8, 4) is 0 Å². The minimum Gasteiger partial charge on any atom is -0.277 e. The summed E-state index contributed by atoms with van der Waals surface area (Å²) in [6.45, 7) is 1.30. The number of imide groups is 2. The zero-order valence-electron chi connectivity index (χ0n) is 11.4. The average molecular weight is 324 g/mol. The Hall–Kier alpha value is -2.75. The van der Waals surface area contributed by atoms with Gasteiger partial charge in [0.1, 0.15) is 0 Å². The van der Waals surface area contributed by atoms with Crippen LogP contribution in [0.5, 0.6) is 0 Å². The van der Waals surface area contributed by atoms with Gasteiger partial charge < -0.3 is 0 Å². The molecule has 4 amide bonds. The van der Waals surface area contributed by atoms with Crippen LogP contribution in [-0.4, -0.2) is 32.0 Å². The van der Waals surface area contributed by atoms with E-state index in [9.17, 15) is 22.8 Å². The number of hydrogen-bond acceptors (Lipinski definition) is 6. The van der Waals surface area contributed by atoms with Crippen molar-refractivity contribution in [1.82, 2.24) is 15.5 Å². The lowest BCUT2D eigenvalue weighted by Crippen LogP contribution is -2.57. The third kappa shape index (κ3) is 3.28. The fourth-order valence-electron chi connectivity index (χ4n) is 1.75. The van der Waals surface area contributed by atoms with E-state index >= 15 is 0 Å². The zero-order valence-corrected chi connectivity index (χ0v) is 12.2. The van der Waals surface area contributed by atoms with Gasteiger partial charge in [0, 0.05) is 0 Å². The maximum absolute atomic E-state index is 12.0. The maximum atomic E-state index is 12.0. The van der Waals surface area contributed by atoms with Crippen LogP contribution in [0.15, 0.2) is 40.3 Å². The van der Waals surface area contributed by atoms with E-state index in [4.69, 9.17) is 0 Å². The molecule has 1 fully saturated rings. The first kappa shape index (κ1) is 15.6. The number of barbiturate groups is 1. The van der Waals surface area contributed by atoms with Crippen LogP contribution in [0.25, 0.3) is 0 Å². The van der Waals surface area contributed by atoms with Crippen LogP contribution >= 0.6 is 0 Å². The molecule has 0 atom stereocenters. The van der Waals surface area contributed by atoms with Crippen molar-refractivity contribution in [2.75, 3.05) is 0 Å². The highest BCUT2D eigenvalue weighted by atomic mass is 32.2. The lowest BCUT2D eigenvalue weighted by molar-refractivity contribution is -0.132. The van der Waals surface area contributed by atoms with Crippen molar-refractivity contribution < 1.29 is 22.8 Å². The summed E-state index contributed by atoms with van der Waals surface area (Å²) in [7, 11) is -3.91. The lowest BCUT2D eigenvalue weighted by Gasteiger charge is -2.20. The molecule has 10 heteroatoms. The van der Waals surface area contributed by atoms with Gasteiger partial charge in [0.15, 0.2) is 5.92 Å². The number of sulfonamides is 1. The first-order valence-corrected chi connectivity index (χ1v) is 7.56. The van der Waals surface area contributed by atoms with E-state index in [0.29, 0.717) is 0 Å². The summed E-state index contributed by atoms with van der Waals surface area (Å²) in [5.74, 6) is -3.11. The second-order valence-electron chi connectivity index (χ2n) is 4.40. The topological polar surface area (TPSA) is 134 Å². The van der Waals surface area contributed by atoms with Crippen LogP contribution in [-0.2, 0) is 19.6 Å². The highest BCUT2D eigenvalue weighted by molar-refractivity contribution is 7.89. The van der Waals surface area contributed by atoms with E-state index in [0.717, 1.165) is 0 Å². The first-order chi connectivity index (χ1) is 10.3. The predicted molar refractivity (Wildman–Crippen MR) is 75.0 cm³/mol. The Morgan fingerprint density at radius 2 is 1.64 bits per heavy atom. The molecule has 1 aromatic carbocycles. The van der Waals surface area contributed by atoms with Crippen molar-refractivity contribution >= 4 is 33.6 Å². The maximum Gasteiger partial charge on any atom is 0.328 e. The molecular weight excluding hydrogens is 312 g/mol. The molecule has 1 aromatic rings. The van der Waals surface area contributed by atoms with Crippen molar-refractivity contribution in [3.63, 3.8) is 0 Å². The van der Waals surface area contributed by atoms with Crippen LogP contribution in [0.1, 0.15) is 6.92 Å². The molecule has 9 nitrogen and oxygen atoms in total. The minimum atomic E-state index is -3.91. The fraction of sp³-hybridized carbons (Fsp3) is 0.167. The molecule has 0 radical (unpaired) electrons. The molecule has 0 spiro atoms. The molecule has 0 saturated carbocycles. The number of nitrogens with one attached hydrogen (secondary N) is 3. The van der Waals surface area contributed by atoms with Crippen LogP contribution in [0, 0.1) is 5.92 Å². The smallest absolute Gasteiger partial charge is 0.277 e. The van der Waals surface area contributed by atoms with E-state index in [2.05, 4.69) is 5.10 Å².